The molecule has 0 N–H and O–H groups in total. The molecule has 14 rings (SSSR count). The van der Waals surface area contributed by atoms with Gasteiger partial charge in [-0.3, -0.25) is 0 Å². The molecule has 3 nitrogen and oxygen atoms in total. The van der Waals surface area contributed by atoms with Crippen molar-refractivity contribution in [2.24, 2.45) is 0 Å². The van der Waals surface area contributed by atoms with E-state index in [1.807, 2.05) is 0 Å². The summed E-state index contributed by atoms with van der Waals surface area (Å²) in [5.41, 5.74) is 12.9. The van der Waals surface area contributed by atoms with Gasteiger partial charge < -0.3 is 13.7 Å². The van der Waals surface area contributed by atoms with Crippen LogP contribution in [0.4, 0.5) is 0 Å². The number of benzene rings is 11. The average molecular weight is 800 g/mol. The number of rotatable bonds is 4. The summed E-state index contributed by atoms with van der Waals surface area (Å²) in [6.07, 6.45) is 0. The Morgan fingerprint density at radius 2 is 0.651 bits per heavy atom. The second-order valence-electron chi connectivity index (χ2n) is 16.8. The minimum Gasteiger partial charge on any atom is -0.309 e. The molecule has 0 unspecified atom stereocenters. The molecular formula is C60H37N3. The molecule has 0 aliphatic rings. The summed E-state index contributed by atoms with van der Waals surface area (Å²) in [4.78, 5) is 0. The normalized spacial score (nSPS) is 12.1. The standard InChI is InChI=1S/C60H37N3/c1-2-16-39(17-3-1)61-55-27-13-9-23-47(55)50-33-31-40(37-58(50)61)62-56-28-14-10-24-48(56)51-34-35-52-49-25-11-15-29-57(49)63(60(52)59(51)62)54-26-12-8-18-41(54)38-30-32-46-44-21-5-4-19-42(44)43-20-6-7-22-45(43)53(46)36-38/h1-37H. The fourth-order valence-electron chi connectivity index (χ4n) is 11.0. The van der Waals surface area contributed by atoms with Crippen LogP contribution in [-0.2, 0) is 0 Å². The molecule has 292 valence electrons. The first-order chi connectivity index (χ1) is 31.3. The van der Waals surface area contributed by atoms with E-state index in [1.54, 1.807) is 0 Å². The van der Waals surface area contributed by atoms with E-state index < -0.39 is 0 Å². The summed E-state index contributed by atoms with van der Waals surface area (Å²) in [7, 11) is 0. The number of aromatic nitrogens is 3. The minimum atomic E-state index is 1.12. The third-order valence-electron chi connectivity index (χ3n) is 13.6. The van der Waals surface area contributed by atoms with E-state index in [4.69, 9.17) is 0 Å². The van der Waals surface area contributed by atoms with E-state index in [0.29, 0.717) is 0 Å². The summed E-state index contributed by atoms with van der Waals surface area (Å²) >= 11 is 0. The lowest BCUT2D eigenvalue weighted by atomic mass is 9.92. The first kappa shape index (κ1) is 34.3. The van der Waals surface area contributed by atoms with Gasteiger partial charge in [-0.2, -0.15) is 0 Å². The molecule has 11 aromatic carbocycles. The van der Waals surface area contributed by atoms with Crippen LogP contribution in [0.2, 0.25) is 0 Å². The zero-order chi connectivity index (χ0) is 41.2. The van der Waals surface area contributed by atoms with Gasteiger partial charge in [-0.25, -0.2) is 0 Å². The summed E-state index contributed by atoms with van der Waals surface area (Å²) in [6, 6.07) is 82.8. The lowest BCUT2D eigenvalue weighted by Crippen LogP contribution is -2.01. The number of fused-ring (bicyclic) bond motifs is 16. The molecule has 3 aromatic heterocycles. The second-order valence-corrected chi connectivity index (χ2v) is 16.8. The van der Waals surface area contributed by atoms with Gasteiger partial charge in [0.1, 0.15) is 0 Å². The van der Waals surface area contributed by atoms with E-state index >= 15 is 0 Å². The Hall–Kier alpha value is -8.40. The van der Waals surface area contributed by atoms with Crippen molar-refractivity contribution in [3.63, 3.8) is 0 Å². The van der Waals surface area contributed by atoms with Gasteiger partial charge in [0.05, 0.1) is 38.8 Å². The van der Waals surface area contributed by atoms with Crippen LogP contribution in [0.25, 0.3) is 126 Å². The van der Waals surface area contributed by atoms with E-state index in [0.717, 1.165) is 17.1 Å². The third-order valence-corrected chi connectivity index (χ3v) is 13.6. The highest BCUT2D eigenvalue weighted by atomic mass is 15.1. The number of hydrogen-bond donors (Lipinski definition) is 0. The molecule has 3 heterocycles. The van der Waals surface area contributed by atoms with Crippen LogP contribution in [0, 0.1) is 0 Å². The molecule has 0 bridgehead atoms. The van der Waals surface area contributed by atoms with E-state index in [9.17, 15) is 0 Å². The predicted molar refractivity (Wildman–Crippen MR) is 267 cm³/mol. The molecule has 0 aliphatic carbocycles. The predicted octanol–water partition coefficient (Wildman–Crippen LogP) is 16.1. The molecule has 0 atom stereocenters. The zero-order valence-corrected chi connectivity index (χ0v) is 34.2. The Labute approximate surface area is 362 Å². The smallest absolute Gasteiger partial charge is 0.0789 e. The van der Waals surface area contributed by atoms with Crippen molar-refractivity contribution in [3.05, 3.63) is 224 Å². The van der Waals surface area contributed by atoms with Crippen molar-refractivity contribution < 1.29 is 0 Å². The Kier molecular flexibility index (Phi) is 7.11. The van der Waals surface area contributed by atoms with Gasteiger partial charge in [0, 0.05) is 49.3 Å². The Morgan fingerprint density at radius 3 is 1.30 bits per heavy atom. The lowest BCUT2D eigenvalue weighted by molar-refractivity contribution is 1.14. The minimum absolute atomic E-state index is 1.12. The van der Waals surface area contributed by atoms with Crippen LogP contribution in [0.1, 0.15) is 0 Å². The van der Waals surface area contributed by atoms with Gasteiger partial charge in [-0.15, -0.1) is 0 Å². The van der Waals surface area contributed by atoms with E-state index in [2.05, 4.69) is 238 Å². The average Bonchev–Trinajstić information content (AvgIpc) is 4.00. The summed E-state index contributed by atoms with van der Waals surface area (Å²) in [6.45, 7) is 0. The molecule has 63 heavy (non-hydrogen) atoms. The molecule has 0 fully saturated rings. The van der Waals surface area contributed by atoms with Gasteiger partial charge in [0.15, 0.2) is 0 Å². The number of para-hydroxylation sites is 5. The maximum absolute atomic E-state index is 2.54. The molecule has 0 saturated heterocycles. The van der Waals surface area contributed by atoms with Gasteiger partial charge in [0.25, 0.3) is 0 Å². The molecule has 3 heteroatoms. The van der Waals surface area contributed by atoms with Crippen LogP contribution in [-0.4, -0.2) is 13.7 Å². The molecule has 0 radical (unpaired) electrons. The maximum atomic E-state index is 2.54. The second kappa shape index (κ2) is 13.1. The zero-order valence-electron chi connectivity index (χ0n) is 34.2. The van der Waals surface area contributed by atoms with Crippen LogP contribution in [0.3, 0.4) is 0 Å². The van der Waals surface area contributed by atoms with Gasteiger partial charge in [0.2, 0.25) is 0 Å². The monoisotopic (exact) mass is 799 g/mol. The summed E-state index contributed by atoms with van der Waals surface area (Å²) < 4.78 is 7.48. The fourth-order valence-corrected chi connectivity index (χ4v) is 11.0. The van der Waals surface area contributed by atoms with Gasteiger partial charge in [-0.05, 0) is 92.5 Å². The van der Waals surface area contributed by atoms with Crippen molar-refractivity contribution in [1.29, 1.82) is 0 Å². The third kappa shape index (κ3) is 4.79. The van der Waals surface area contributed by atoms with Crippen LogP contribution < -0.4 is 0 Å². The lowest BCUT2D eigenvalue weighted by Gasteiger charge is -2.17. The van der Waals surface area contributed by atoms with Crippen LogP contribution in [0.5, 0.6) is 0 Å². The molecule has 0 spiro atoms. The highest BCUT2D eigenvalue weighted by molar-refractivity contribution is 6.27. The Balaban J connectivity index is 1.09. The first-order valence-electron chi connectivity index (χ1n) is 21.8. The summed E-state index contributed by atoms with van der Waals surface area (Å²) in [5.74, 6) is 0. The van der Waals surface area contributed by atoms with E-state index in [1.165, 1.54) is 109 Å². The highest BCUT2D eigenvalue weighted by Gasteiger charge is 2.23. The SMILES string of the molecule is c1ccc(-n2c3ccccc3c3ccc(-n4c5ccccc5c5ccc6c7ccccc7n(-c7ccccc7-c7ccc8c9ccccc9c9ccccc9c8c7)c6c54)cc32)cc1. The van der Waals surface area contributed by atoms with Gasteiger partial charge in [-0.1, -0.05) is 170 Å². The Morgan fingerprint density at radius 1 is 0.222 bits per heavy atom. The molecule has 0 amide bonds. The highest BCUT2D eigenvalue weighted by Crippen LogP contribution is 2.45. The summed E-state index contributed by atoms with van der Waals surface area (Å²) in [5, 5.41) is 15.1. The Bertz CT molecular complexity index is 4160. The van der Waals surface area contributed by atoms with Crippen LogP contribution >= 0.6 is 0 Å². The first-order valence-corrected chi connectivity index (χ1v) is 21.8. The maximum Gasteiger partial charge on any atom is 0.0789 e. The van der Waals surface area contributed by atoms with Crippen molar-refractivity contribution in [2.45, 2.75) is 0 Å². The van der Waals surface area contributed by atoms with E-state index in [-0.39, 0.29) is 0 Å². The molecule has 14 aromatic rings. The van der Waals surface area contributed by atoms with Crippen LogP contribution in [0.15, 0.2) is 224 Å². The number of nitrogens with zero attached hydrogens (tertiary/aromatic N) is 3. The van der Waals surface area contributed by atoms with Crippen molar-refractivity contribution >= 4 is 97.7 Å². The molecule has 0 saturated carbocycles. The van der Waals surface area contributed by atoms with Crippen molar-refractivity contribution in [1.82, 2.24) is 13.7 Å². The topological polar surface area (TPSA) is 14.8 Å². The largest absolute Gasteiger partial charge is 0.309 e. The molecular weight excluding hydrogens is 763 g/mol. The fraction of sp³-hybridized carbons (Fsp3) is 0. The molecule has 0 aliphatic heterocycles. The van der Waals surface area contributed by atoms with Gasteiger partial charge >= 0.3 is 0 Å². The quantitative estimate of drug-likeness (QED) is 0.158. The van der Waals surface area contributed by atoms with Crippen molar-refractivity contribution in [2.75, 3.05) is 0 Å². The number of hydrogen-bond acceptors (Lipinski definition) is 0. The van der Waals surface area contributed by atoms with Crippen molar-refractivity contribution in [3.8, 4) is 28.2 Å².